The minimum Gasteiger partial charge on any atom is -0.489 e. The zero-order chi connectivity index (χ0) is 24.3. The summed E-state index contributed by atoms with van der Waals surface area (Å²) in [6.07, 6.45) is -4.43. The average Bonchev–Trinajstić information content (AvgIpc) is 3.29. The molecule has 1 N–H and O–H groups in total. The topological polar surface area (TPSA) is 51.2 Å². The lowest BCUT2D eigenvalue weighted by molar-refractivity contribution is -0.137. The van der Waals surface area contributed by atoms with Crippen LogP contribution in [0.4, 0.5) is 18.9 Å². The van der Waals surface area contributed by atoms with Crippen molar-refractivity contribution < 1.29 is 22.7 Å². The second kappa shape index (κ2) is 10.0. The highest BCUT2D eigenvalue weighted by Gasteiger charge is 2.30. The van der Waals surface area contributed by atoms with Crippen LogP contribution >= 0.6 is 34.5 Å². The van der Waals surface area contributed by atoms with Gasteiger partial charge in [-0.3, -0.25) is 4.79 Å². The van der Waals surface area contributed by atoms with E-state index in [0.29, 0.717) is 20.8 Å². The van der Waals surface area contributed by atoms with Gasteiger partial charge < -0.3 is 10.1 Å². The molecule has 0 aliphatic heterocycles. The van der Waals surface area contributed by atoms with Crippen LogP contribution in [0.5, 0.6) is 5.75 Å². The molecule has 0 atom stereocenters. The molecule has 34 heavy (non-hydrogen) atoms. The smallest absolute Gasteiger partial charge is 0.416 e. The molecule has 0 aliphatic rings. The fourth-order valence-corrected chi connectivity index (χ4v) is 4.21. The van der Waals surface area contributed by atoms with Gasteiger partial charge in [0.05, 0.1) is 5.56 Å². The van der Waals surface area contributed by atoms with Crippen molar-refractivity contribution >= 4 is 46.1 Å². The van der Waals surface area contributed by atoms with Crippen molar-refractivity contribution in [1.82, 2.24) is 4.98 Å². The third-order valence-corrected chi connectivity index (χ3v) is 6.20. The molecular weight excluding hydrogens is 508 g/mol. The number of nitrogens with zero attached hydrogens (tertiary/aromatic N) is 1. The first-order valence-corrected chi connectivity index (χ1v) is 11.4. The van der Waals surface area contributed by atoms with E-state index in [4.69, 9.17) is 27.9 Å². The Morgan fingerprint density at radius 3 is 2.35 bits per heavy atom. The molecule has 0 fully saturated rings. The van der Waals surface area contributed by atoms with Gasteiger partial charge in [0.25, 0.3) is 5.91 Å². The fourth-order valence-electron chi connectivity index (χ4n) is 2.94. The Morgan fingerprint density at radius 2 is 1.71 bits per heavy atom. The van der Waals surface area contributed by atoms with Crippen LogP contribution in [0.3, 0.4) is 0 Å². The molecule has 0 unspecified atom stereocenters. The number of amides is 1. The van der Waals surface area contributed by atoms with Crippen molar-refractivity contribution in [3.05, 3.63) is 99.0 Å². The number of rotatable bonds is 6. The summed E-state index contributed by atoms with van der Waals surface area (Å²) in [4.78, 5) is 16.8. The van der Waals surface area contributed by atoms with E-state index in [-0.39, 0.29) is 18.0 Å². The quantitative estimate of drug-likeness (QED) is 0.279. The van der Waals surface area contributed by atoms with Gasteiger partial charge in [-0.25, -0.2) is 4.98 Å². The summed E-state index contributed by atoms with van der Waals surface area (Å²) >= 11 is 13.3. The minimum atomic E-state index is -4.43. The third kappa shape index (κ3) is 5.88. The minimum absolute atomic E-state index is 0.164. The Balaban J connectivity index is 1.38. The number of alkyl halides is 3. The van der Waals surface area contributed by atoms with Crippen molar-refractivity contribution in [2.45, 2.75) is 12.8 Å². The number of halogens is 5. The summed E-state index contributed by atoms with van der Waals surface area (Å²) in [6.45, 7) is 0.279. The van der Waals surface area contributed by atoms with E-state index >= 15 is 0 Å². The van der Waals surface area contributed by atoms with Crippen LogP contribution in [0.1, 0.15) is 21.6 Å². The number of carbonyl (C=O) groups excluding carboxylic acids is 1. The summed E-state index contributed by atoms with van der Waals surface area (Å²) < 4.78 is 43.8. The number of carbonyl (C=O) groups is 1. The van der Waals surface area contributed by atoms with Crippen LogP contribution in [0, 0.1) is 0 Å². The van der Waals surface area contributed by atoms with Crippen LogP contribution in [0.2, 0.25) is 10.0 Å². The first-order valence-electron chi connectivity index (χ1n) is 9.80. The van der Waals surface area contributed by atoms with Gasteiger partial charge in [-0.15, -0.1) is 11.3 Å². The molecule has 1 amide bonds. The maximum atomic E-state index is 12.7. The standard InChI is InChI=1S/C24H15Cl2F3N2O2S/c25-17-6-1-15(20(26)11-17)12-33-19-9-2-14(3-10-19)23-31-21(13-34-23)22(32)30-18-7-4-16(5-8-18)24(27,28)29/h1-11,13H,12H2,(H,30,32). The SMILES string of the molecule is O=C(Nc1ccc(C(F)(F)F)cc1)c1csc(-c2ccc(OCc3ccc(Cl)cc3Cl)cc2)n1. The highest BCUT2D eigenvalue weighted by Crippen LogP contribution is 2.30. The monoisotopic (exact) mass is 522 g/mol. The van der Waals surface area contributed by atoms with Crippen LogP contribution in [0.25, 0.3) is 10.6 Å². The fraction of sp³-hybridized carbons (Fsp3) is 0.0833. The normalized spacial score (nSPS) is 11.3. The first kappa shape index (κ1) is 24.1. The molecule has 1 aromatic heterocycles. The lowest BCUT2D eigenvalue weighted by Gasteiger charge is -2.08. The van der Waals surface area contributed by atoms with Crippen molar-refractivity contribution in [2.24, 2.45) is 0 Å². The van der Waals surface area contributed by atoms with Gasteiger partial charge in [0.15, 0.2) is 0 Å². The summed E-state index contributed by atoms with van der Waals surface area (Å²) in [5.74, 6) is 0.119. The number of thiazole rings is 1. The van der Waals surface area contributed by atoms with Crippen LogP contribution < -0.4 is 10.1 Å². The molecule has 4 aromatic rings. The van der Waals surface area contributed by atoms with E-state index in [1.54, 1.807) is 35.7 Å². The molecule has 4 rings (SSSR count). The van der Waals surface area contributed by atoms with Gasteiger partial charge in [0, 0.05) is 32.2 Å². The molecule has 3 aromatic carbocycles. The summed E-state index contributed by atoms with van der Waals surface area (Å²) in [7, 11) is 0. The molecule has 4 nitrogen and oxygen atoms in total. The van der Waals surface area contributed by atoms with Gasteiger partial charge in [0.1, 0.15) is 23.1 Å². The molecule has 0 bridgehead atoms. The molecule has 174 valence electrons. The number of ether oxygens (including phenoxy) is 1. The number of nitrogens with one attached hydrogen (secondary N) is 1. The Kier molecular flexibility index (Phi) is 7.11. The van der Waals surface area contributed by atoms with E-state index in [1.165, 1.54) is 23.5 Å². The molecule has 0 saturated heterocycles. The van der Waals surface area contributed by atoms with Gasteiger partial charge in [-0.05, 0) is 60.7 Å². The van der Waals surface area contributed by atoms with Crippen LogP contribution in [-0.2, 0) is 12.8 Å². The average molecular weight is 523 g/mol. The van der Waals surface area contributed by atoms with E-state index in [1.807, 2.05) is 12.1 Å². The Labute approximate surface area is 206 Å². The predicted molar refractivity (Wildman–Crippen MR) is 128 cm³/mol. The van der Waals surface area contributed by atoms with E-state index < -0.39 is 17.6 Å². The molecule has 0 spiro atoms. The zero-order valence-electron chi connectivity index (χ0n) is 17.2. The van der Waals surface area contributed by atoms with Crippen LogP contribution in [0.15, 0.2) is 72.1 Å². The highest BCUT2D eigenvalue weighted by atomic mass is 35.5. The third-order valence-electron chi connectivity index (χ3n) is 4.72. The summed E-state index contributed by atoms with van der Waals surface area (Å²) in [6, 6.07) is 16.6. The summed E-state index contributed by atoms with van der Waals surface area (Å²) in [5, 5.41) is 5.82. The molecule has 0 aliphatic carbocycles. The van der Waals surface area contributed by atoms with E-state index in [2.05, 4.69) is 10.3 Å². The van der Waals surface area contributed by atoms with E-state index in [9.17, 15) is 18.0 Å². The van der Waals surface area contributed by atoms with E-state index in [0.717, 1.165) is 23.3 Å². The van der Waals surface area contributed by atoms with Gasteiger partial charge >= 0.3 is 6.18 Å². The van der Waals surface area contributed by atoms with Gasteiger partial charge in [-0.2, -0.15) is 13.2 Å². The number of hydrogen-bond acceptors (Lipinski definition) is 4. The number of benzene rings is 3. The first-order chi connectivity index (χ1) is 16.2. The van der Waals surface area contributed by atoms with Crippen molar-refractivity contribution in [2.75, 3.05) is 5.32 Å². The molecule has 0 radical (unpaired) electrons. The highest BCUT2D eigenvalue weighted by molar-refractivity contribution is 7.13. The predicted octanol–water partition coefficient (Wildman–Crippen LogP) is 7.97. The zero-order valence-corrected chi connectivity index (χ0v) is 19.5. The van der Waals surface area contributed by atoms with Gasteiger partial charge in [-0.1, -0.05) is 29.3 Å². The van der Waals surface area contributed by atoms with Crippen molar-refractivity contribution in [3.63, 3.8) is 0 Å². The van der Waals surface area contributed by atoms with Gasteiger partial charge in [0.2, 0.25) is 0 Å². The maximum absolute atomic E-state index is 12.7. The number of hydrogen-bond donors (Lipinski definition) is 1. The molecule has 0 saturated carbocycles. The van der Waals surface area contributed by atoms with Crippen LogP contribution in [-0.4, -0.2) is 10.9 Å². The lowest BCUT2D eigenvalue weighted by Crippen LogP contribution is -2.12. The van der Waals surface area contributed by atoms with Crippen molar-refractivity contribution in [3.8, 4) is 16.3 Å². The lowest BCUT2D eigenvalue weighted by atomic mass is 10.2. The Hall–Kier alpha value is -3.07. The second-order valence-electron chi connectivity index (χ2n) is 7.12. The number of anilines is 1. The Bertz CT molecular complexity index is 1310. The summed E-state index contributed by atoms with van der Waals surface area (Å²) in [5.41, 5.74) is 1.21. The Morgan fingerprint density at radius 1 is 1.00 bits per heavy atom. The number of aromatic nitrogens is 1. The maximum Gasteiger partial charge on any atom is 0.416 e. The second-order valence-corrected chi connectivity index (χ2v) is 8.82. The molecule has 1 heterocycles. The largest absolute Gasteiger partial charge is 0.489 e. The molecule has 10 heteroatoms. The molecular formula is C24H15Cl2F3N2O2S. The van der Waals surface area contributed by atoms with Crippen molar-refractivity contribution in [1.29, 1.82) is 0 Å².